The number of morpholine rings is 1. The molecule has 2 fully saturated rings. The number of hydrogen-bond acceptors (Lipinski definition) is 5. The van der Waals surface area contributed by atoms with Gasteiger partial charge in [0.1, 0.15) is 5.75 Å². The van der Waals surface area contributed by atoms with Crippen molar-refractivity contribution in [3.8, 4) is 17.6 Å². The normalized spacial score (nSPS) is 15.9. The predicted octanol–water partition coefficient (Wildman–Crippen LogP) is 3.56. The fourth-order valence-corrected chi connectivity index (χ4v) is 5.61. The van der Waals surface area contributed by atoms with E-state index in [-0.39, 0.29) is 36.1 Å². The van der Waals surface area contributed by atoms with Crippen molar-refractivity contribution < 1.29 is 47.8 Å². The molecule has 1 N–H and O–H groups in total. The van der Waals surface area contributed by atoms with Crippen molar-refractivity contribution in [1.29, 1.82) is 0 Å². The van der Waals surface area contributed by atoms with Gasteiger partial charge < -0.3 is 19.4 Å². The Hall–Kier alpha value is -1.73. The molecule has 0 radical (unpaired) electrons. The SMILES string of the molecule is C1CCC(N2CCOCC2)CC1.COc1cc(SC)ccc1NCC#Cc1cc2[c-]cccc2n1CC(F)F.[Na+]. The summed E-state index contributed by atoms with van der Waals surface area (Å²) in [6, 6.07) is 17.0. The number of alkyl halides is 2. The van der Waals surface area contributed by atoms with Gasteiger partial charge in [0.15, 0.2) is 0 Å². The number of benzene rings is 2. The zero-order valence-electron chi connectivity index (χ0n) is 23.8. The van der Waals surface area contributed by atoms with Crippen molar-refractivity contribution in [1.82, 2.24) is 9.47 Å². The molecule has 2 aliphatic rings. The molecule has 1 aliphatic carbocycles. The Labute approximate surface area is 263 Å². The molecule has 40 heavy (non-hydrogen) atoms. The van der Waals surface area contributed by atoms with Crippen molar-refractivity contribution >= 4 is 28.4 Å². The van der Waals surface area contributed by atoms with E-state index < -0.39 is 6.43 Å². The maximum Gasteiger partial charge on any atom is 1.00 e. The number of hydrogen-bond donors (Lipinski definition) is 1. The van der Waals surface area contributed by atoms with Crippen LogP contribution in [-0.4, -0.2) is 68.1 Å². The van der Waals surface area contributed by atoms with Gasteiger partial charge in [-0.1, -0.05) is 31.1 Å². The summed E-state index contributed by atoms with van der Waals surface area (Å²) in [5, 5.41) is 3.99. The van der Waals surface area contributed by atoms with Crippen LogP contribution >= 0.6 is 11.8 Å². The number of ether oxygens (including phenoxy) is 2. The largest absolute Gasteiger partial charge is 1.00 e. The first-order valence-electron chi connectivity index (χ1n) is 13.6. The molecule has 1 aromatic heterocycles. The van der Waals surface area contributed by atoms with E-state index in [0.717, 1.165) is 41.0 Å². The summed E-state index contributed by atoms with van der Waals surface area (Å²) in [5.41, 5.74) is 2.11. The van der Waals surface area contributed by atoms with Gasteiger partial charge in [-0.25, -0.2) is 8.78 Å². The molecule has 9 heteroatoms. The van der Waals surface area contributed by atoms with Gasteiger partial charge in [-0.2, -0.15) is 0 Å². The van der Waals surface area contributed by atoms with Crippen LogP contribution in [0.3, 0.4) is 0 Å². The van der Waals surface area contributed by atoms with Gasteiger partial charge in [-0.05, 0) is 42.8 Å². The average molecular weight is 578 g/mol. The van der Waals surface area contributed by atoms with Gasteiger partial charge in [-0.3, -0.25) is 4.90 Å². The van der Waals surface area contributed by atoms with Gasteiger partial charge in [0, 0.05) is 29.7 Å². The van der Waals surface area contributed by atoms with Gasteiger partial charge in [0.25, 0.3) is 6.43 Å². The standard InChI is InChI=1S/C21H19F2N2OS.C10H19NO.Na/c1-26-20-13-17(27-2)9-10-18(20)24-11-5-7-16-12-15-6-3-4-8-19(15)25(16)14-21(22)23;1-2-4-10(5-3-1)11-6-8-12-9-7-11;/h3-4,8-10,12-13,21,24H,11,14H2,1-2H3;10H,1-9H2;/q-1;;+1. The number of nitrogens with one attached hydrogen (secondary N) is 1. The molecule has 1 saturated heterocycles. The molecule has 0 spiro atoms. The van der Waals surface area contributed by atoms with E-state index in [0.29, 0.717) is 17.8 Å². The van der Waals surface area contributed by atoms with Gasteiger partial charge >= 0.3 is 29.6 Å². The Morgan fingerprint density at radius 2 is 1.93 bits per heavy atom. The van der Waals surface area contributed by atoms with E-state index in [1.807, 2.05) is 24.5 Å². The third-order valence-electron chi connectivity index (χ3n) is 7.18. The van der Waals surface area contributed by atoms with Crippen LogP contribution in [0.25, 0.3) is 10.9 Å². The summed E-state index contributed by atoms with van der Waals surface area (Å²) in [7, 11) is 1.62. The Balaban J connectivity index is 0.000000283. The van der Waals surface area contributed by atoms with Gasteiger partial charge in [0.2, 0.25) is 0 Å². The van der Waals surface area contributed by atoms with Crippen molar-refractivity contribution in [2.75, 3.05) is 51.5 Å². The minimum absolute atomic E-state index is 0. The second-order valence-corrected chi connectivity index (χ2v) is 10.5. The number of nitrogens with zero attached hydrogens (tertiary/aromatic N) is 2. The van der Waals surface area contributed by atoms with Crippen LogP contribution in [0, 0.1) is 17.9 Å². The summed E-state index contributed by atoms with van der Waals surface area (Å²) in [6.07, 6.45) is 6.77. The molecule has 5 rings (SSSR count). The molecule has 210 valence electrons. The second-order valence-electron chi connectivity index (χ2n) is 9.66. The summed E-state index contributed by atoms with van der Waals surface area (Å²) in [6.45, 7) is 4.24. The van der Waals surface area contributed by atoms with Gasteiger partial charge in [-0.15, -0.1) is 47.5 Å². The van der Waals surface area contributed by atoms with Crippen molar-refractivity contribution in [3.63, 3.8) is 0 Å². The zero-order chi connectivity index (χ0) is 27.5. The summed E-state index contributed by atoms with van der Waals surface area (Å²) in [5.74, 6) is 6.73. The minimum atomic E-state index is -2.45. The summed E-state index contributed by atoms with van der Waals surface area (Å²) < 4.78 is 38.2. The number of thioether (sulfide) groups is 1. The van der Waals surface area contributed by atoms with Crippen LogP contribution in [0.1, 0.15) is 37.8 Å². The molecule has 1 aliphatic heterocycles. The van der Waals surface area contributed by atoms with E-state index >= 15 is 0 Å². The molecule has 1 saturated carbocycles. The summed E-state index contributed by atoms with van der Waals surface area (Å²) >= 11 is 1.64. The molecule has 2 aromatic carbocycles. The van der Waals surface area contributed by atoms with Crippen LogP contribution in [-0.2, 0) is 11.3 Å². The fraction of sp³-hybridized carbons (Fsp3) is 0.484. The molecule has 2 heterocycles. The number of methoxy groups -OCH3 is 1. The third-order valence-corrected chi connectivity index (χ3v) is 7.90. The number of fused-ring (bicyclic) bond motifs is 1. The molecule has 0 amide bonds. The number of halogens is 2. The van der Waals surface area contributed by atoms with Crippen molar-refractivity contribution in [2.24, 2.45) is 0 Å². The second kappa shape index (κ2) is 17.3. The molecular formula is C31H38F2N3NaO2S. The zero-order valence-corrected chi connectivity index (χ0v) is 26.7. The molecule has 0 atom stereocenters. The predicted molar refractivity (Wildman–Crippen MR) is 156 cm³/mol. The van der Waals surface area contributed by atoms with E-state index in [9.17, 15) is 8.78 Å². The number of aromatic nitrogens is 1. The molecule has 5 nitrogen and oxygen atoms in total. The smallest absolute Gasteiger partial charge is 0.495 e. The van der Waals surface area contributed by atoms with Crippen LogP contribution in [0.4, 0.5) is 14.5 Å². The monoisotopic (exact) mass is 577 g/mol. The van der Waals surface area contributed by atoms with E-state index in [1.165, 1.54) is 49.8 Å². The van der Waals surface area contributed by atoms with E-state index in [1.54, 1.807) is 43.1 Å². The topological polar surface area (TPSA) is 38.7 Å². The molecule has 0 bridgehead atoms. The third kappa shape index (κ3) is 9.40. The fourth-order valence-electron chi connectivity index (χ4n) is 5.18. The number of anilines is 1. The Morgan fingerprint density at radius 3 is 2.62 bits per heavy atom. The average Bonchev–Trinajstić information content (AvgIpc) is 3.33. The molecule has 3 aromatic rings. The van der Waals surface area contributed by atoms with Crippen LogP contribution in [0.2, 0.25) is 0 Å². The van der Waals surface area contributed by atoms with Gasteiger partial charge in [0.05, 0.1) is 39.1 Å². The molecule has 0 unspecified atom stereocenters. The Morgan fingerprint density at radius 1 is 1.15 bits per heavy atom. The van der Waals surface area contributed by atoms with Crippen LogP contribution in [0.5, 0.6) is 5.75 Å². The van der Waals surface area contributed by atoms with Crippen molar-refractivity contribution in [2.45, 2.75) is 56.0 Å². The first kappa shape index (κ1) is 32.8. The minimum Gasteiger partial charge on any atom is -0.495 e. The quantitative estimate of drug-likeness (QED) is 0.201. The Bertz CT molecular complexity index is 1230. The first-order valence-corrected chi connectivity index (χ1v) is 14.9. The Kier molecular flexibility index (Phi) is 14.2. The summed E-state index contributed by atoms with van der Waals surface area (Å²) in [4.78, 5) is 3.74. The number of rotatable bonds is 7. The van der Waals surface area contributed by atoms with Crippen LogP contribution in [0.15, 0.2) is 47.4 Å². The van der Waals surface area contributed by atoms with E-state index in [4.69, 9.17) is 9.47 Å². The van der Waals surface area contributed by atoms with Crippen LogP contribution < -0.4 is 39.6 Å². The van der Waals surface area contributed by atoms with E-state index in [2.05, 4.69) is 28.1 Å². The first-order chi connectivity index (χ1) is 19.1. The maximum absolute atomic E-state index is 13.0. The molecular weight excluding hydrogens is 539 g/mol. The van der Waals surface area contributed by atoms with Crippen molar-refractivity contribution in [3.05, 3.63) is 54.2 Å². The maximum atomic E-state index is 13.0.